The van der Waals surface area contributed by atoms with Crippen LogP contribution in [0.15, 0.2) is 36.5 Å². The highest BCUT2D eigenvalue weighted by Gasteiger charge is 2.52. The standard InChI is InChI=1S/C22H23N5S/c1-15-13-24-21(28-15)22(14-23)12-18-16(2)25-27(17-8-4-3-5-9-17)20(18)26-11-7-6-10-19(22)26/h3-5,8-9,13,19H,6-7,10-12H2,1-2H3/t19-,22-/m1/s1. The molecule has 2 atom stereocenters. The number of benzene rings is 1. The molecule has 6 heteroatoms. The SMILES string of the molecule is Cc1cnc([C@@]2(C#N)Cc3c(C)nn(-c4ccccc4)c3N3CCCC[C@@H]32)s1. The van der Waals surface area contributed by atoms with E-state index in [-0.39, 0.29) is 6.04 Å². The summed E-state index contributed by atoms with van der Waals surface area (Å²) in [4.78, 5) is 8.30. The van der Waals surface area contributed by atoms with Crippen molar-refractivity contribution in [2.75, 3.05) is 11.4 Å². The molecule has 0 spiro atoms. The maximum absolute atomic E-state index is 10.4. The predicted octanol–water partition coefficient (Wildman–Crippen LogP) is 4.32. The average molecular weight is 390 g/mol. The van der Waals surface area contributed by atoms with Crippen molar-refractivity contribution in [1.29, 1.82) is 5.26 Å². The Balaban J connectivity index is 1.73. The maximum Gasteiger partial charge on any atom is 0.136 e. The van der Waals surface area contributed by atoms with Crippen LogP contribution < -0.4 is 4.90 Å². The molecule has 5 rings (SSSR count). The van der Waals surface area contributed by atoms with Gasteiger partial charge in [0.05, 0.1) is 23.5 Å². The van der Waals surface area contributed by atoms with Crippen LogP contribution in [0.1, 0.15) is 40.4 Å². The van der Waals surface area contributed by atoms with E-state index in [2.05, 4.69) is 46.6 Å². The molecule has 0 bridgehead atoms. The van der Waals surface area contributed by atoms with Crippen molar-refractivity contribution in [3.63, 3.8) is 0 Å². The third-order valence-corrected chi connectivity index (χ3v) is 7.25. The Hall–Kier alpha value is -2.65. The highest BCUT2D eigenvalue weighted by molar-refractivity contribution is 7.11. The smallest absolute Gasteiger partial charge is 0.136 e. The molecule has 1 aromatic carbocycles. The Morgan fingerprint density at radius 1 is 1.21 bits per heavy atom. The number of nitriles is 1. The van der Waals surface area contributed by atoms with Gasteiger partial charge in [-0.15, -0.1) is 11.3 Å². The van der Waals surface area contributed by atoms with Crippen LogP contribution in [-0.2, 0) is 11.8 Å². The molecule has 2 aromatic heterocycles. The highest BCUT2D eigenvalue weighted by Crippen LogP contribution is 2.48. The van der Waals surface area contributed by atoms with E-state index in [4.69, 9.17) is 5.10 Å². The second-order valence-corrected chi connectivity index (χ2v) is 9.11. The quantitative estimate of drug-likeness (QED) is 0.655. The molecule has 2 aliphatic rings. The molecule has 0 radical (unpaired) electrons. The van der Waals surface area contributed by atoms with Gasteiger partial charge in [-0.1, -0.05) is 18.2 Å². The summed E-state index contributed by atoms with van der Waals surface area (Å²) in [5, 5.41) is 16.3. The lowest BCUT2D eigenvalue weighted by atomic mass is 9.70. The van der Waals surface area contributed by atoms with Gasteiger partial charge in [-0.25, -0.2) is 9.67 Å². The number of fused-ring (bicyclic) bond motifs is 3. The van der Waals surface area contributed by atoms with Gasteiger partial charge in [0.1, 0.15) is 16.2 Å². The molecule has 0 unspecified atom stereocenters. The van der Waals surface area contributed by atoms with E-state index >= 15 is 0 Å². The van der Waals surface area contributed by atoms with Gasteiger partial charge in [0.15, 0.2) is 0 Å². The van der Waals surface area contributed by atoms with E-state index in [1.807, 2.05) is 24.4 Å². The van der Waals surface area contributed by atoms with Gasteiger partial charge in [-0.05, 0) is 45.2 Å². The molecule has 0 N–H and O–H groups in total. The Bertz CT molecular complexity index is 1060. The van der Waals surface area contributed by atoms with E-state index in [9.17, 15) is 5.26 Å². The minimum Gasteiger partial charge on any atom is -0.351 e. The van der Waals surface area contributed by atoms with Crippen molar-refractivity contribution in [3.8, 4) is 11.8 Å². The van der Waals surface area contributed by atoms with Gasteiger partial charge in [0.2, 0.25) is 0 Å². The number of hydrogen-bond acceptors (Lipinski definition) is 5. The zero-order valence-corrected chi connectivity index (χ0v) is 17.0. The molecule has 4 heterocycles. The zero-order valence-electron chi connectivity index (χ0n) is 16.2. The average Bonchev–Trinajstić information content (AvgIpc) is 3.32. The second-order valence-electron chi connectivity index (χ2n) is 7.88. The first-order valence-electron chi connectivity index (χ1n) is 9.89. The van der Waals surface area contributed by atoms with E-state index in [1.165, 1.54) is 11.4 Å². The Morgan fingerprint density at radius 2 is 2.04 bits per heavy atom. The van der Waals surface area contributed by atoms with Gasteiger partial charge < -0.3 is 4.90 Å². The van der Waals surface area contributed by atoms with Crippen molar-refractivity contribution in [2.24, 2.45) is 0 Å². The van der Waals surface area contributed by atoms with Crippen LogP contribution in [0.5, 0.6) is 0 Å². The molecule has 0 aliphatic carbocycles. The number of aromatic nitrogens is 3. The molecule has 2 aliphatic heterocycles. The number of thiazole rings is 1. The molecular weight excluding hydrogens is 366 g/mol. The maximum atomic E-state index is 10.4. The van der Waals surface area contributed by atoms with Crippen LogP contribution >= 0.6 is 11.3 Å². The summed E-state index contributed by atoms with van der Waals surface area (Å²) in [5.41, 5.74) is 2.68. The molecule has 0 saturated carbocycles. The minimum absolute atomic E-state index is 0.142. The minimum atomic E-state index is -0.596. The summed E-state index contributed by atoms with van der Waals surface area (Å²) >= 11 is 1.67. The van der Waals surface area contributed by atoms with E-state index in [0.717, 1.165) is 47.1 Å². The predicted molar refractivity (Wildman–Crippen MR) is 111 cm³/mol. The normalized spacial score (nSPS) is 23.8. The van der Waals surface area contributed by atoms with Gasteiger partial charge in [-0.3, -0.25) is 0 Å². The number of nitrogens with zero attached hydrogens (tertiary/aromatic N) is 5. The van der Waals surface area contributed by atoms with E-state index < -0.39 is 5.41 Å². The lowest BCUT2D eigenvalue weighted by Crippen LogP contribution is -2.57. The summed E-state index contributed by atoms with van der Waals surface area (Å²) in [6, 6.07) is 13.2. The van der Waals surface area contributed by atoms with Crippen molar-refractivity contribution in [3.05, 3.63) is 57.7 Å². The number of para-hydroxylation sites is 1. The second kappa shape index (κ2) is 6.46. The summed E-state index contributed by atoms with van der Waals surface area (Å²) in [7, 11) is 0. The molecule has 1 saturated heterocycles. The largest absolute Gasteiger partial charge is 0.351 e. The fourth-order valence-electron chi connectivity index (χ4n) is 4.83. The molecule has 28 heavy (non-hydrogen) atoms. The van der Waals surface area contributed by atoms with Crippen LogP contribution in [0.3, 0.4) is 0 Å². The summed E-state index contributed by atoms with van der Waals surface area (Å²) in [6.45, 7) is 5.10. The summed E-state index contributed by atoms with van der Waals surface area (Å²) in [6.07, 6.45) is 5.91. The number of piperidine rings is 1. The third-order valence-electron chi connectivity index (χ3n) is 6.16. The van der Waals surface area contributed by atoms with E-state index in [1.54, 1.807) is 11.3 Å². The highest BCUT2D eigenvalue weighted by atomic mass is 32.1. The van der Waals surface area contributed by atoms with Crippen molar-refractivity contribution < 1.29 is 0 Å². The van der Waals surface area contributed by atoms with Crippen LogP contribution in [0.2, 0.25) is 0 Å². The number of aryl methyl sites for hydroxylation is 2. The summed E-state index contributed by atoms with van der Waals surface area (Å²) in [5.74, 6) is 1.17. The molecule has 1 fully saturated rings. The third kappa shape index (κ3) is 2.43. The zero-order chi connectivity index (χ0) is 19.3. The van der Waals surface area contributed by atoms with Crippen molar-refractivity contribution in [2.45, 2.75) is 51.0 Å². The fourth-order valence-corrected chi connectivity index (χ4v) is 5.79. The lowest BCUT2D eigenvalue weighted by molar-refractivity contribution is 0.320. The van der Waals surface area contributed by atoms with Gasteiger partial charge in [0, 0.05) is 29.6 Å². The molecule has 142 valence electrons. The monoisotopic (exact) mass is 389 g/mol. The van der Waals surface area contributed by atoms with Crippen LogP contribution in [0.4, 0.5) is 5.82 Å². The van der Waals surface area contributed by atoms with Crippen LogP contribution in [0.25, 0.3) is 5.69 Å². The molecule has 0 amide bonds. The lowest BCUT2D eigenvalue weighted by Gasteiger charge is -2.48. The Morgan fingerprint density at radius 3 is 2.75 bits per heavy atom. The van der Waals surface area contributed by atoms with Gasteiger partial charge >= 0.3 is 0 Å². The summed E-state index contributed by atoms with van der Waals surface area (Å²) < 4.78 is 2.08. The van der Waals surface area contributed by atoms with Gasteiger partial charge in [0.25, 0.3) is 0 Å². The molecule has 3 aromatic rings. The topological polar surface area (TPSA) is 57.7 Å². The first kappa shape index (κ1) is 17.4. The van der Waals surface area contributed by atoms with Crippen LogP contribution in [0, 0.1) is 25.2 Å². The first-order chi connectivity index (χ1) is 13.6. The van der Waals surface area contributed by atoms with Gasteiger partial charge in [-0.2, -0.15) is 10.4 Å². The Labute approximate surface area is 169 Å². The van der Waals surface area contributed by atoms with Crippen molar-refractivity contribution >= 4 is 17.2 Å². The first-order valence-corrected chi connectivity index (χ1v) is 10.7. The van der Waals surface area contributed by atoms with E-state index in [0.29, 0.717) is 6.42 Å². The number of anilines is 1. The number of rotatable bonds is 2. The van der Waals surface area contributed by atoms with Crippen LogP contribution in [-0.4, -0.2) is 27.4 Å². The van der Waals surface area contributed by atoms with Crippen molar-refractivity contribution in [1.82, 2.24) is 14.8 Å². The fraction of sp³-hybridized carbons (Fsp3) is 0.409. The molecular formula is C22H23N5S. The number of hydrogen-bond donors (Lipinski definition) is 0. The molecule has 5 nitrogen and oxygen atoms in total. The Kier molecular flexibility index (Phi) is 4.02.